The molecule has 1 fully saturated rings. The van der Waals surface area contributed by atoms with Crippen LogP contribution in [0.5, 0.6) is 0 Å². The summed E-state index contributed by atoms with van der Waals surface area (Å²) < 4.78 is 52.9. The highest BCUT2D eigenvalue weighted by atomic mass is 19.4. The van der Waals surface area contributed by atoms with Crippen molar-refractivity contribution in [2.24, 2.45) is 0 Å². The predicted octanol–water partition coefficient (Wildman–Crippen LogP) is 4.60. The second-order valence-corrected chi connectivity index (χ2v) is 7.65. The molecule has 0 unspecified atom stereocenters. The van der Waals surface area contributed by atoms with E-state index < -0.39 is 23.5 Å². The SMILES string of the molecule is Cc1ccc2c(c1)[C@H]1CN(C)CC[C@@H]1N2C(=O)c1ccc(F)c(C(F)(F)F)c1. The van der Waals surface area contributed by atoms with E-state index in [2.05, 4.69) is 4.90 Å². The van der Waals surface area contributed by atoms with Gasteiger partial charge in [0.15, 0.2) is 0 Å². The number of hydrogen-bond donors (Lipinski definition) is 0. The fourth-order valence-corrected chi connectivity index (χ4v) is 4.36. The molecular formula is C21H20F4N2O. The Morgan fingerprint density at radius 2 is 1.89 bits per heavy atom. The molecule has 7 heteroatoms. The van der Waals surface area contributed by atoms with Crippen molar-refractivity contribution >= 4 is 11.6 Å². The van der Waals surface area contributed by atoms with E-state index in [1.54, 1.807) is 4.90 Å². The Kier molecular flexibility index (Phi) is 4.45. The highest BCUT2D eigenvalue weighted by Crippen LogP contribution is 2.45. The first-order valence-corrected chi connectivity index (χ1v) is 9.16. The molecule has 2 heterocycles. The molecule has 0 aliphatic carbocycles. The first-order valence-electron chi connectivity index (χ1n) is 9.16. The van der Waals surface area contributed by atoms with E-state index in [1.165, 1.54) is 0 Å². The lowest BCUT2D eigenvalue weighted by Gasteiger charge is -2.36. The van der Waals surface area contributed by atoms with Crippen LogP contribution in [0.4, 0.5) is 23.2 Å². The number of anilines is 1. The summed E-state index contributed by atoms with van der Waals surface area (Å²) in [4.78, 5) is 17.1. The standard InChI is InChI=1S/C21H20F4N2O/c1-12-3-6-18-14(9-12)15-11-26(2)8-7-19(15)27(18)20(28)13-4-5-17(22)16(10-13)21(23,24)25/h3-6,9-10,15,19H,7-8,11H2,1-2H3/t15-,19+/m1/s1. The van der Waals surface area contributed by atoms with E-state index >= 15 is 0 Å². The van der Waals surface area contributed by atoms with Crippen LogP contribution >= 0.6 is 0 Å². The van der Waals surface area contributed by atoms with E-state index in [0.717, 1.165) is 42.4 Å². The minimum Gasteiger partial charge on any atom is -0.306 e. The Morgan fingerprint density at radius 3 is 2.61 bits per heavy atom. The van der Waals surface area contributed by atoms with Gasteiger partial charge in [-0.15, -0.1) is 0 Å². The molecule has 2 aliphatic rings. The number of aryl methyl sites for hydroxylation is 1. The van der Waals surface area contributed by atoms with Gasteiger partial charge in [0.05, 0.1) is 5.56 Å². The summed E-state index contributed by atoms with van der Waals surface area (Å²) in [5.74, 6) is -1.79. The van der Waals surface area contributed by atoms with Crippen LogP contribution in [0, 0.1) is 12.7 Å². The summed E-state index contributed by atoms with van der Waals surface area (Å²) >= 11 is 0. The van der Waals surface area contributed by atoms with Crippen molar-refractivity contribution in [3.63, 3.8) is 0 Å². The molecule has 4 rings (SSSR count). The lowest BCUT2D eigenvalue weighted by atomic mass is 9.88. The van der Waals surface area contributed by atoms with Gasteiger partial charge in [-0.2, -0.15) is 13.2 Å². The normalized spacial score (nSPS) is 22.1. The molecule has 0 aromatic heterocycles. The molecule has 0 bridgehead atoms. The van der Waals surface area contributed by atoms with Gasteiger partial charge in [0.1, 0.15) is 5.82 Å². The summed E-state index contributed by atoms with van der Waals surface area (Å²) in [5.41, 5.74) is 1.28. The smallest absolute Gasteiger partial charge is 0.306 e. The number of alkyl halides is 3. The van der Waals surface area contributed by atoms with Crippen LogP contribution in [0.25, 0.3) is 0 Å². The number of amides is 1. The first kappa shape index (κ1) is 18.9. The van der Waals surface area contributed by atoms with E-state index in [4.69, 9.17) is 0 Å². The summed E-state index contributed by atoms with van der Waals surface area (Å²) in [6, 6.07) is 8.15. The monoisotopic (exact) mass is 392 g/mol. The van der Waals surface area contributed by atoms with Gasteiger partial charge in [-0.05, 0) is 56.8 Å². The fraction of sp³-hybridized carbons (Fsp3) is 0.381. The van der Waals surface area contributed by atoms with Gasteiger partial charge in [-0.25, -0.2) is 4.39 Å². The number of carbonyl (C=O) groups excluding carboxylic acids is 1. The van der Waals surface area contributed by atoms with Crippen molar-refractivity contribution in [1.82, 2.24) is 4.90 Å². The molecule has 2 atom stereocenters. The minimum atomic E-state index is -4.85. The summed E-state index contributed by atoms with van der Waals surface area (Å²) in [6.07, 6.45) is -4.12. The molecule has 2 aromatic carbocycles. The summed E-state index contributed by atoms with van der Waals surface area (Å²) in [5, 5.41) is 0. The van der Waals surface area contributed by atoms with Crippen LogP contribution in [-0.2, 0) is 6.18 Å². The van der Waals surface area contributed by atoms with E-state index in [1.807, 2.05) is 32.2 Å². The highest BCUT2D eigenvalue weighted by molar-refractivity contribution is 6.08. The number of piperidine rings is 1. The van der Waals surface area contributed by atoms with Gasteiger partial charge >= 0.3 is 6.18 Å². The predicted molar refractivity (Wildman–Crippen MR) is 98.0 cm³/mol. The molecule has 2 aromatic rings. The zero-order valence-electron chi connectivity index (χ0n) is 15.6. The number of rotatable bonds is 1. The van der Waals surface area contributed by atoms with E-state index in [-0.39, 0.29) is 17.5 Å². The lowest BCUT2D eigenvalue weighted by Crippen LogP contribution is -2.47. The average molecular weight is 392 g/mol. The molecule has 1 amide bonds. The Hall–Kier alpha value is -2.41. The number of benzene rings is 2. The van der Waals surface area contributed by atoms with Crippen LogP contribution in [0.2, 0.25) is 0 Å². The van der Waals surface area contributed by atoms with Gasteiger partial charge in [0.25, 0.3) is 5.91 Å². The summed E-state index contributed by atoms with van der Waals surface area (Å²) in [6.45, 7) is 3.55. The lowest BCUT2D eigenvalue weighted by molar-refractivity contribution is -0.140. The van der Waals surface area contributed by atoms with Crippen molar-refractivity contribution in [3.8, 4) is 0 Å². The molecule has 28 heavy (non-hydrogen) atoms. The molecule has 148 valence electrons. The van der Waals surface area contributed by atoms with Crippen molar-refractivity contribution in [2.75, 3.05) is 25.0 Å². The van der Waals surface area contributed by atoms with Crippen molar-refractivity contribution < 1.29 is 22.4 Å². The van der Waals surface area contributed by atoms with E-state index in [9.17, 15) is 22.4 Å². The molecular weight excluding hydrogens is 372 g/mol. The van der Waals surface area contributed by atoms with Gasteiger partial charge < -0.3 is 9.80 Å². The third-order valence-electron chi connectivity index (χ3n) is 5.69. The topological polar surface area (TPSA) is 23.6 Å². The van der Waals surface area contributed by atoms with Crippen molar-refractivity contribution in [2.45, 2.75) is 31.5 Å². The Balaban J connectivity index is 1.78. The zero-order chi connectivity index (χ0) is 20.2. The maximum atomic E-state index is 13.7. The minimum absolute atomic E-state index is 0.111. The van der Waals surface area contributed by atoms with Crippen LogP contribution < -0.4 is 4.90 Å². The zero-order valence-corrected chi connectivity index (χ0v) is 15.6. The Morgan fingerprint density at radius 1 is 1.14 bits per heavy atom. The molecule has 3 nitrogen and oxygen atoms in total. The number of carbonyl (C=O) groups is 1. The quantitative estimate of drug-likeness (QED) is 0.663. The molecule has 0 spiro atoms. The van der Waals surface area contributed by atoms with Crippen LogP contribution in [0.15, 0.2) is 36.4 Å². The number of likely N-dealkylation sites (N-methyl/N-ethyl adjacent to an activating group) is 1. The van der Waals surface area contributed by atoms with Gasteiger partial charge in [-0.1, -0.05) is 17.7 Å². The fourth-order valence-electron chi connectivity index (χ4n) is 4.36. The van der Waals surface area contributed by atoms with E-state index in [0.29, 0.717) is 12.1 Å². The highest BCUT2D eigenvalue weighted by Gasteiger charge is 2.44. The second kappa shape index (κ2) is 6.58. The van der Waals surface area contributed by atoms with Crippen LogP contribution in [0.3, 0.4) is 0 Å². The molecule has 1 saturated heterocycles. The first-order chi connectivity index (χ1) is 13.2. The number of fused-ring (bicyclic) bond motifs is 3. The van der Waals surface area contributed by atoms with Gasteiger partial charge in [0.2, 0.25) is 0 Å². The maximum Gasteiger partial charge on any atom is 0.419 e. The van der Waals surface area contributed by atoms with Crippen molar-refractivity contribution in [3.05, 3.63) is 64.5 Å². The molecule has 0 saturated carbocycles. The Labute approximate surface area is 160 Å². The van der Waals surface area contributed by atoms with Gasteiger partial charge in [0, 0.05) is 29.8 Å². The number of halogens is 4. The number of hydrogen-bond acceptors (Lipinski definition) is 2. The van der Waals surface area contributed by atoms with Crippen molar-refractivity contribution in [1.29, 1.82) is 0 Å². The average Bonchev–Trinajstić information content (AvgIpc) is 2.93. The maximum absolute atomic E-state index is 13.7. The molecule has 0 radical (unpaired) electrons. The third-order valence-corrected chi connectivity index (χ3v) is 5.69. The summed E-state index contributed by atoms with van der Waals surface area (Å²) in [7, 11) is 2.02. The largest absolute Gasteiger partial charge is 0.419 e. The van der Waals surface area contributed by atoms with Crippen LogP contribution in [-0.4, -0.2) is 37.0 Å². The number of likely N-dealkylation sites (tertiary alicyclic amines) is 1. The van der Waals surface area contributed by atoms with Gasteiger partial charge in [-0.3, -0.25) is 4.79 Å². The molecule has 0 N–H and O–H groups in total. The third kappa shape index (κ3) is 3.07. The van der Waals surface area contributed by atoms with Crippen LogP contribution in [0.1, 0.15) is 39.4 Å². The Bertz CT molecular complexity index is 940. The number of nitrogens with zero attached hydrogens (tertiary/aromatic N) is 2. The second-order valence-electron chi connectivity index (χ2n) is 7.65. The molecule has 2 aliphatic heterocycles.